The van der Waals surface area contributed by atoms with E-state index >= 15 is 0 Å². The largest absolute Gasteiger partial charge is 0.494 e. The molecule has 0 amide bonds. The predicted octanol–water partition coefficient (Wildman–Crippen LogP) is 3.06. The zero-order valence-corrected chi connectivity index (χ0v) is 11.0. The highest BCUT2D eigenvalue weighted by Crippen LogP contribution is 2.26. The minimum atomic E-state index is 0.00602. The molecule has 0 saturated carbocycles. The lowest BCUT2D eigenvalue weighted by Crippen LogP contribution is -2.05. The summed E-state index contributed by atoms with van der Waals surface area (Å²) < 4.78 is 10.8. The van der Waals surface area contributed by atoms with Crippen LogP contribution in [0.5, 0.6) is 11.5 Å². The van der Waals surface area contributed by atoms with Crippen LogP contribution in [0.1, 0.15) is 24.2 Å². The second-order valence-electron chi connectivity index (χ2n) is 3.08. The van der Waals surface area contributed by atoms with Crippen LogP contribution in [-0.2, 0) is 0 Å². The molecule has 4 heteroatoms. The van der Waals surface area contributed by atoms with Gasteiger partial charge in [0.05, 0.1) is 24.1 Å². The Morgan fingerprint density at radius 3 is 2.50 bits per heavy atom. The van der Waals surface area contributed by atoms with E-state index in [2.05, 4.69) is 15.9 Å². The van der Waals surface area contributed by atoms with Crippen molar-refractivity contribution in [1.29, 1.82) is 0 Å². The monoisotopic (exact) mass is 286 g/mol. The summed E-state index contributed by atoms with van der Waals surface area (Å²) in [6.07, 6.45) is 0. The fourth-order valence-corrected chi connectivity index (χ4v) is 1.64. The lowest BCUT2D eigenvalue weighted by molar-refractivity contribution is 0.102. The van der Waals surface area contributed by atoms with Gasteiger partial charge in [0.15, 0.2) is 5.78 Å². The fraction of sp³-hybridized carbons (Fsp3) is 0.417. The lowest BCUT2D eigenvalue weighted by atomic mass is 10.1. The normalized spacial score (nSPS) is 9.94. The molecule has 0 aliphatic rings. The van der Waals surface area contributed by atoms with Crippen LogP contribution in [0.3, 0.4) is 0 Å². The van der Waals surface area contributed by atoms with E-state index in [9.17, 15) is 4.79 Å². The second-order valence-corrected chi connectivity index (χ2v) is 3.64. The number of hydrogen-bond acceptors (Lipinski definition) is 3. The van der Waals surface area contributed by atoms with E-state index < -0.39 is 0 Å². The van der Waals surface area contributed by atoms with E-state index in [1.54, 1.807) is 18.2 Å². The average Bonchev–Trinajstić information content (AvgIpc) is 2.29. The Kier molecular flexibility index (Phi) is 5.32. The number of Topliss-reactive ketones (excluding diaryl/α,β-unsaturated/α-hetero) is 1. The van der Waals surface area contributed by atoms with Crippen LogP contribution in [0.2, 0.25) is 0 Å². The van der Waals surface area contributed by atoms with Gasteiger partial charge in [-0.25, -0.2) is 0 Å². The number of benzene rings is 1. The van der Waals surface area contributed by atoms with E-state index in [-0.39, 0.29) is 5.78 Å². The molecule has 0 N–H and O–H groups in total. The van der Waals surface area contributed by atoms with Crippen LogP contribution in [-0.4, -0.2) is 24.3 Å². The molecule has 88 valence electrons. The summed E-state index contributed by atoms with van der Waals surface area (Å²) in [4.78, 5) is 11.6. The van der Waals surface area contributed by atoms with Crippen molar-refractivity contribution in [1.82, 2.24) is 0 Å². The van der Waals surface area contributed by atoms with Crippen LogP contribution in [0.25, 0.3) is 0 Å². The van der Waals surface area contributed by atoms with Crippen molar-refractivity contribution in [3.63, 3.8) is 0 Å². The van der Waals surface area contributed by atoms with Crippen molar-refractivity contribution in [3.05, 3.63) is 23.8 Å². The first-order valence-electron chi connectivity index (χ1n) is 5.21. The summed E-state index contributed by atoms with van der Waals surface area (Å²) in [5.41, 5.74) is 0.585. The van der Waals surface area contributed by atoms with Gasteiger partial charge in [-0.1, -0.05) is 15.9 Å². The van der Waals surface area contributed by atoms with Crippen molar-refractivity contribution < 1.29 is 14.3 Å². The van der Waals surface area contributed by atoms with Gasteiger partial charge in [-0.05, 0) is 26.0 Å². The average molecular weight is 287 g/mol. The number of ketones is 1. The molecule has 0 radical (unpaired) electrons. The van der Waals surface area contributed by atoms with E-state index in [0.29, 0.717) is 29.9 Å². The third-order valence-corrected chi connectivity index (χ3v) is 2.49. The Morgan fingerprint density at radius 2 is 1.94 bits per heavy atom. The molecule has 0 aromatic heterocycles. The molecule has 1 aromatic rings. The topological polar surface area (TPSA) is 35.5 Å². The zero-order valence-electron chi connectivity index (χ0n) is 9.46. The highest BCUT2D eigenvalue weighted by molar-refractivity contribution is 9.09. The molecule has 0 heterocycles. The highest BCUT2D eigenvalue weighted by Gasteiger charge is 2.12. The molecular formula is C12H15BrO3. The molecule has 0 aliphatic carbocycles. The van der Waals surface area contributed by atoms with E-state index in [4.69, 9.17) is 9.47 Å². The van der Waals surface area contributed by atoms with Crippen LogP contribution < -0.4 is 9.47 Å². The van der Waals surface area contributed by atoms with Crippen LogP contribution in [0.4, 0.5) is 0 Å². The molecular weight excluding hydrogens is 272 g/mol. The maximum Gasteiger partial charge on any atom is 0.177 e. The van der Waals surface area contributed by atoms with E-state index in [1.165, 1.54) is 0 Å². The first kappa shape index (κ1) is 13.0. The van der Waals surface area contributed by atoms with E-state index in [1.807, 2.05) is 13.8 Å². The van der Waals surface area contributed by atoms with Crippen molar-refractivity contribution >= 4 is 21.7 Å². The van der Waals surface area contributed by atoms with Crippen molar-refractivity contribution in [2.75, 3.05) is 18.5 Å². The molecule has 0 saturated heterocycles. The van der Waals surface area contributed by atoms with Gasteiger partial charge in [-0.3, -0.25) is 4.79 Å². The van der Waals surface area contributed by atoms with Gasteiger partial charge < -0.3 is 9.47 Å². The SMILES string of the molecule is CCOc1ccc(C(=O)CBr)c(OCC)c1. The number of ether oxygens (including phenoxy) is 2. The third-order valence-electron chi connectivity index (χ3n) is 1.99. The Labute approximate surface area is 104 Å². The smallest absolute Gasteiger partial charge is 0.177 e. The summed E-state index contributed by atoms with van der Waals surface area (Å²) in [7, 11) is 0. The lowest BCUT2D eigenvalue weighted by Gasteiger charge is -2.10. The van der Waals surface area contributed by atoms with E-state index in [0.717, 1.165) is 5.75 Å². The highest BCUT2D eigenvalue weighted by atomic mass is 79.9. The molecule has 3 nitrogen and oxygen atoms in total. The summed E-state index contributed by atoms with van der Waals surface area (Å²) in [6, 6.07) is 5.27. The van der Waals surface area contributed by atoms with Gasteiger partial charge in [0.2, 0.25) is 0 Å². The number of carbonyl (C=O) groups is 1. The number of carbonyl (C=O) groups excluding carboxylic acids is 1. The Balaban J connectivity index is 3.03. The second kappa shape index (κ2) is 6.53. The number of alkyl halides is 1. The molecule has 16 heavy (non-hydrogen) atoms. The van der Waals surface area contributed by atoms with Gasteiger partial charge in [-0.2, -0.15) is 0 Å². The van der Waals surface area contributed by atoms with Gasteiger partial charge in [0.1, 0.15) is 11.5 Å². The molecule has 0 unspecified atom stereocenters. The number of rotatable bonds is 6. The summed E-state index contributed by atoms with van der Waals surface area (Å²) in [5.74, 6) is 1.31. The predicted molar refractivity (Wildman–Crippen MR) is 66.9 cm³/mol. The minimum absolute atomic E-state index is 0.00602. The Morgan fingerprint density at radius 1 is 1.25 bits per heavy atom. The maximum atomic E-state index is 11.6. The molecule has 1 rings (SSSR count). The number of hydrogen-bond donors (Lipinski definition) is 0. The first-order chi connectivity index (χ1) is 7.72. The van der Waals surface area contributed by atoms with Gasteiger partial charge in [-0.15, -0.1) is 0 Å². The summed E-state index contributed by atoms with van der Waals surface area (Å²) >= 11 is 3.15. The molecule has 0 fully saturated rings. The third kappa shape index (κ3) is 3.23. The van der Waals surface area contributed by atoms with Crippen molar-refractivity contribution in [2.45, 2.75) is 13.8 Å². The molecule has 0 bridgehead atoms. The quantitative estimate of drug-likeness (QED) is 0.596. The fourth-order valence-electron chi connectivity index (χ4n) is 1.34. The van der Waals surface area contributed by atoms with Crippen LogP contribution in [0, 0.1) is 0 Å². The van der Waals surface area contributed by atoms with Crippen molar-refractivity contribution in [3.8, 4) is 11.5 Å². The first-order valence-corrected chi connectivity index (χ1v) is 6.33. The Hall–Kier alpha value is -1.03. The molecule has 0 atom stereocenters. The molecule has 0 spiro atoms. The van der Waals surface area contributed by atoms with Gasteiger partial charge in [0, 0.05) is 6.07 Å². The van der Waals surface area contributed by atoms with Gasteiger partial charge >= 0.3 is 0 Å². The van der Waals surface area contributed by atoms with Crippen molar-refractivity contribution in [2.24, 2.45) is 0 Å². The van der Waals surface area contributed by atoms with Gasteiger partial charge in [0.25, 0.3) is 0 Å². The molecule has 1 aromatic carbocycles. The maximum absolute atomic E-state index is 11.6. The minimum Gasteiger partial charge on any atom is -0.494 e. The van der Waals surface area contributed by atoms with Crippen LogP contribution in [0.15, 0.2) is 18.2 Å². The van der Waals surface area contributed by atoms with Crippen LogP contribution >= 0.6 is 15.9 Å². The number of halogens is 1. The zero-order chi connectivity index (χ0) is 12.0. The Bertz CT molecular complexity index is 363. The molecule has 0 aliphatic heterocycles. The summed E-state index contributed by atoms with van der Waals surface area (Å²) in [6.45, 7) is 4.92. The summed E-state index contributed by atoms with van der Waals surface area (Å²) in [5, 5.41) is 0.293. The standard InChI is InChI=1S/C12H15BrO3/c1-3-15-9-5-6-10(11(14)8-13)12(7-9)16-4-2/h5-7H,3-4,8H2,1-2H3.